The second-order valence-corrected chi connectivity index (χ2v) is 4.94. The SMILES string of the molecule is Cc1cc2ncc(CN[C@H](C)c3cccnc3)cn2n1. The average molecular weight is 267 g/mol. The van der Waals surface area contributed by atoms with E-state index in [2.05, 4.69) is 33.4 Å². The van der Waals surface area contributed by atoms with Crippen molar-refractivity contribution in [2.24, 2.45) is 0 Å². The maximum atomic E-state index is 4.40. The second kappa shape index (κ2) is 5.38. The highest BCUT2D eigenvalue weighted by molar-refractivity contribution is 5.38. The van der Waals surface area contributed by atoms with E-state index in [0.29, 0.717) is 0 Å². The van der Waals surface area contributed by atoms with E-state index in [4.69, 9.17) is 0 Å². The Kier molecular flexibility index (Phi) is 3.43. The van der Waals surface area contributed by atoms with Gasteiger partial charge in [0.25, 0.3) is 0 Å². The molecule has 0 aromatic carbocycles. The zero-order valence-corrected chi connectivity index (χ0v) is 11.6. The van der Waals surface area contributed by atoms with Gasteiger partial charge in [-0.25, -0.2) is 9.50 Å². The van der Waals surface area contributed by atoms with E-state index in [1.807, 2.05) is 42.2 Å². The van der Waals surface area contributed by atoms with Gasteiger partial charge in [0.2, 0.25) is 0 Å². The molecule has 0 spiro atoms. The molecule has 3 aromatic rings. The molecular formula is C15H17N5. The molecule has 5 heteroatoms. The summed E-state index contributed by atoms with van der Waals surface area (Å²) in [6.45, 7) is 4.84. The molecule has 0 saturated heterocycles. The Morgan fingerprint density at radius 2 is 2.25 bits per heavy atom. The molecule has 0 amide bonds. The molecule has 0 saturated carbocycles. The molecule has 0 fully saturated rings. The summed E-state index contributed by atoms with van der Waals surface area (Å²) in [5.41, 5.74) is 4.14. The summed E-state index contributed by atoms with van der Waals surface area (Å²) in [7, 11) is 0. The molecule has 0 aliphatic heterocycles. The second-order valence-electron chi connectivity index (χ2n) is 4.94. The zero-order valence-electron chi connectivity index (χ0n) is 11.6. The molecule has 0 unspecified atom stereocenters. The fraction of sp³-hybridized carbons (Fsp3) is 0.267. The van der Waals surface area contributed by atoms with E-state index >= 15 is 0 Å². The molecule has 1 atom stereocenters. The molecule has 0 bridgehead atoms. The van der Waals surface area contributed by atoms with Crippen molar-refractivity contribution in [3.05, 3.63) is 59.8 Å². The minimum Gasteiger partial charge on any atom is -0.306 e. The van der Waals surface area contributed by atoms with Gasteiger partial charge in [0.1, 0.15) is 0 Å². The molecule has 3 heterocycles. The van der Waals surface area contributed by atoms with Gasteiger partial charge in [0, 0.05) is 49.0 Å². The Bertz CT molecular complexity index is 705. The summed E-state index contributed by atoms with van der Waals surface area (Å²) >= 11 is 0. The average Bonchev–Trinajstić information content (AvgIpc) is 2.85. The monoisotopic (exact) mass is 267 g/mol. The van der Waals surface area contributed by atoms with E-state index in [-0.39, 0.29) is 6.04 Å². The smallest absolute Gasteiger partial charge is 0.155 e. The summed E-state index contributed by atoms with van der Waals surface area (Å²) in [6.07, 6.45) is 7.57. The summed E-state index contributed by atoms with van der Waals surface area (Å²) < 4.78 is 1.82. The molecule has 102 valence electrons. The summed E-state index contributed by atoms with van der Waals surface area (Å²) in [5, 5.41) is 7.84. The van der Waals surface area contributed by atoms with Gasteiger partial charge in [0.05, 0.1) is 5.69 Å². The van der Waals surface area contributed by atoms with E-state index < -0.39 is 0 Å². The fourth-order valence-electron chi connectivity index (χ4n) is 2.15. The lowest BCUT2D eigenvalue weighted by atomic mass is 10.1. The number of hydrogen-bond acceptors (Lipinski definition) is 4. The minimum absolute atomic E-state index is 0.249. The van der Waals surface area contributed by atoms with Gasteiger partial charge in [-0.2, -0.15) is 5.10 Å². The van der Waals surface area contributed by atoms with Crippen molar-refractivity contribution >= 4 is 5.65 Å². The van der Waals surface area contributed by atoms with Crippen LogP contribution in [0, 0.1) is 6.92 Å². The first-order valence-corrected chi connectivity index (χ1v) is 6.66. The molecule has 3 rings (SSSR count). The Balaban J connectivity index is 1.70. The quantitative estimate of drug-likeness (QED) is 0.788. The minimum atomic E-state index is 0.249. The predicted molar refractivity (Wildman–Crippen MR) is 77.2 cm³/mol. The first-order chi connectivity index (χ1) is 9.72. The lowest BCUT2D eigenvalue weighted by molar-refractivity contribution is 0.570. The molecule has 3 aromatic heterocycles. The van der Waals surface area contributed by atoms with Crippen LogP contribution in [0.25, 0.3) is 5.65 Å². The maximum absolute atomic E-state index is 4.40. The topological polar surface area (TPSA) is 55.1 Å². The number of fused-ring (bicyclic) bond motifs is 1. The highest BCUT2D eigenvalue weighted by atomic mass is 15.2. The molecular weight excluding hydrogens is 250 g/mol. The van der Waals surface area contributed by atoms with Gasteiger partial charge < -0.3 is 5.32 Å². The van der Waals surface area contributed by atoms with Crippen LogP contribution in [0.2, 0.25) is 0 Å². The van der Waals surface area contributed by atoms with Crippen molar-refractivity contribution in [1.82, 2.24) is 24.9 Å². The van der Waals surface area contributed by atoms with Crippen LogP contribution in [0.4, 0.5) is 0 Å². The third kappa shape index (κ3) is 2.67. The van der Waals surface area contributed by atoms with Crippen molar-refractivity contribution in [2.75, 3.05) is 0 Å². The largest absolute Gasteiger partial charge is 0.306 e. The number of nitrogens with one attached hydrogen (secondary N) is 1. The normalized spacial score (nSPS) is 12.7. The van der Waals surface area contributed by atoms with Gasteiger partial charge in [-0.05, 0) is 25.5 Å². The van der Waals surface area contributed by atoms with Crippen LogP contribution < -0.4 is 5.32 Å². The molecule has 20 heavy (non-hydrogen) atoms. The van der Waals surface area contributed by atoms with Crippen LogP contribution in [0.15, 0.2) is 43.0 Å². The summed E-state index contributed by atoms with van der Waals surface area (Å²) in [4.78, 5) is 8.54. The molecule has 0 aliphatic carbocycles. The van der Waals surface area contributed by atoms with E-state index in [9.17, 15) is 0 Å². The van der Waals surface area contributed by atoms with E-state index in [0.717, 1.165) is 23.4 Å². The van der Waals surface area contributed by atoms with Crippen molar-refractivity contribution < 1.29 is 0 Å². The Morgan fingerprint density at radius 1 is 1.35 bits per heavy atom. The summed E-state index contributed by atoms with van der Waals surface area (Å²) in [6, 6.07) is 6.24. The number of rotatable bonds is 4. The Morgan fingerprint density at radius 3 is 3.05 bits per heavy atom. The predicted octanol–water partition coefficient (Wildman–Crippen LogP) is 2.28. The van der Waals surface area contributed by atoms with Crippen LogP contribution in [-0.4, -0.2) is 19.6 Å². The number of pyridine rings is 1. The third-order valence-electron chi connectivity index (χ3n) is 3.29. The number of hydrogen-bond donors (Lipinski definition) is 1. The zero-order chi connectivity index (χ0) is 13.9. The molecule has 0 radical (unpaired) electrons. The van der Waals surface area contributed by atoms with E-state index in [1.165, 1.54) is 5.56 Å². The van der Waals surface area contributed by atoms with Gasteiger partial charge in [-0.3, -0.25) is 4.98 Å². The number of nitrogens with zero attached hydrogens (tertiary/aromatic N) is 4. The van der Waals surface area contributed by atoms with Gasteiger partial charge in [0.15, 0.2) is 5.65 Å². The van der Waals surface area contributed by atoms with Gasteiger partial charge in [-0.15, -0.1) is 0 Å². The first kappa shape index (κ1) is 12.7. The van der Waals surface area contributed by atoms with Crippen LogP contribution in [-0.2, 0) is 6.54 Å². The standard InChI is InChI=1S/C15H17N5/c1-11-6-15-18-8-13(10-20(15)19-11)7-17-12(2)14-4-3-5-16-9-14/h3-6,8-10,12,17H,7H2,1-2H3/t12-/m1/s1. The Labute approximate surface area is 117 Å². The third-order valence-corrected chi connectivity index (χ3v) is 3.29. The molecule has 0 aliphatic rings. The lowest BCUT2D eigenvalue weighted by Crippen LogP contribution is -2.18. The van der Waals surface area contributed by atoms with Crippen LogP contribution in [0.3, 0.4) is 0 Å². The molecule has 1 N–H and O–H groups in total. The highest BCUT2D eigenvalue weighted by Gasteiger charge is 2.06. The number of aromatic nitrogens is 4. The lowest BCUT2D eigenvalue weighted by Gasteiger charge is -2.13. The van der Waals surface area contributed by atoms with Crippen molar-refractivity contribution in [1.29, 1.82) is 0 Å². The van der Waals surface area contributed by atoms with E-state index in [1.54, 1.807) is 6.20 Å². The maximum Gasteiger partial charge on any atom is 0.155 e. The van der Waals surface area contributed by atoms with Gasteiger partial charge >= 0.3 is 0 Å². The van der Waals surface area contributed by atoms with Crippen LogP contribution in [0.1, 0.15) is 29.8 Å². The number of aryl methyl sites for hydroxylation is 1. The first-order valence-electron chi connectivity index (χ1n) is 6.66. The van der Waals surface area contributed by atoms with Gasteiger partial charge in [-0.1, -0.05) is 6.07 Å². The highest BCUT2D eigenvalue weighted by Crippen LogP contribution is 2.11. The molecule has 5 nitrogen and oxygen atoms in total. The van der Waals surface area contributed by atoms with Crippen molar-refractivity contribution in [3.8, 4) is 0 Å². The van der Waals surface area contributed by atoms with Crippen LogP contribution >= 0.6 is 0 Å². The van der Waals surface area contributed by atoms with Crippen molar-refractivity contribution in [2.45, 2.75) is 26.4 Å². The Hall–Kier alpha value is -2.27. The van der Waals surface area contributed by atoms with Crippen LogP contribution in [0.5, 0.6) is 0 Å². The fourth-order valence-corrected chi connectivity index (χ4v) is 2.15. The van der Waals surface area contributed by atoms with Crippen molar-refractivity contribution in [3.63, 3.8) is 0 Å². The summed E-state index contributed by atoms with van der Waals surface area (Å²) in [5.74, 6) is 0.